The Bertz CT molecular complexity index is 1240. The van der Waals surface area contributed by atoms with Gasteiger partial charge in [0.25, 0.3) is 0 Å². The van der Waals surface area contributed by atoms with Crippen LogP contribution < -0.4 is 5.32 Å². The van der Waals surface area contributed by atoms with Crippen molar-refractivity contribution in [3.63, 3.8) is 0 Å². The molecule has 5 rings (SSSR count). The molecule has 1 saturated carbocycles. The van der Waals surface area contributed by atoms with E-state index in [0.717, 1.165) is 46.5 Å². The first-order valence-electron chi connectivity index (χ1n) is 11.1. The van der Waals surface area contributed by atoms with Gasteiger partial charge in [-0.1, -0.05) is 0 Å². The predicted molar refractivity (Wildman–Crippen MR) is 123 cm³/mol. The van der Waals surface area contributed by atoms with Gasteiger partial charge in [-0.15, -0.1) is 5.10 Å². The molecule has 0 unspecified atom stereocenters. The zero-order valence-electron chi connectivity index (χ0n) is 18.9. The van der Waals surface area contributed by atoms with Crippen molar-refractivity contribution in [2.24, 2.45) is 0 Å². The number of fused-ring (bicyclic) bond motifs is 2. The average molecular weight is 436 g/mol. The van der Waals surface area contributed by atoms with E-state index in [2.05, 4.69) is 55.9 Å². The molecule has 32 heavy (non-hydrogen) atoms. The standard InChI is InChI=1S/C23H29N7O2/c1-14(2)30-15(3)26-22-20(30)9-16(12-24-22)19-5-6-29-21(19)13-25-23(28-29)27-17-10-18(11-17)32-8-7-31-4/h5-6,9,12-14,17-18H,7-8,10-11H2,1-4H3,(H,27,28)/t17-,18-. The van der Waals surface area contributed by atoms with Crippen LogP contribution in [0.25, 0.3) is 27.8 Å². The molecular formula is C23H29N7O2. The summed E-state index contributed by atoms with van der Waals surface area (Å²) in [5.74, 6) is 1.60. The van der Waals surface area contributed by atoms with Crippen LogP contribution in [0.2, 0.25) is 0 Å². The Kier molecular flexibility index (Phi) is 5.52. The van der Waals surface area contributed by atoms with Gasteiger partial charge in [-0.05, 0) is 45.7 Å². The van der Waals surface area contributed by atoms with Gasteiger partial charge < -0.3 is 19.4 Å². The molecule has 0 spiro atoms. The lowest BCUT2D eigenvalue weighted by molar-refractivity contribution is -0.0261. The van der Waals surface area contributed by atoms with Crippen molar-refractivity contribution in [1.82, 2.24) is 29.1 Å². The fourth-order valence-electron chi connectivity index (χ4n) is 4.40. The first kappa shape index (κ1) is 20.8. The third-order valence-corrected chi connectivity index (χ3v) is 6.04. The molecule has 0 saturated heterocycles. The SMILES string of the molecule is COCCO[C@H]1C[C@H](Nc2ncc3c(-c4cnc5nc(C)n(C(C)C)c5c4)ccn3n2)C1. The molecule has 0 amide bonds. The number of nitrogens with zero attached hydrogens (tertiary/aromatic N) is 6. The summed E-state index contributed by atoms with van der Waals surface area (Å²) in [5.41, 5.74) is 4.84. The largest absolute Gasteiger partial charge is 0.382 e. The molecule has 1 fully saturated rings. The minimum atomic E-state index is 0.287. The van der Waals surface area contributed by atoms with Crippen LogP contribution in [0.1, 0.15) is 38.6 Å². The molecule has 4 aromatic rings. The molecule has 168 valence electrons. The van der Waals surface area contributed by atoms with E-state index < -0.39 is 0 Å². The Morgan fingerprint density at radius 3 is 2.78 bits per heavy atom. The molecule has 4 heterocycles. The van der Waals surface area contributed by atoms with E-state index >= 15 is 0 Å². The third-order valence-electron chi connectivity index (χ3n) is 6.04. The van der Waals surface area contributed by atoms with Crippen LogP contribution in [-0.2, 0) is 9.47 Å². The van der Waals surface area contributed by atoms with Crippen molar-refractivity contribution in [3.8, 4) is 11.1 Å². The summed E-state index contributed by atoms with van der Waals surface area (Å²) >= 11 is 0. The molecule has 1 aliphatic rings. The summed E-state index contributed by atoms with van der Waals surface area (Å²) in [5, 5.41) is 8.06. The van der Waals surface area contributed by atoms with E-state index in [9.17, 15) is 0 Å². The first-order valence-corrected chi connectivity index (χ1v) is 11.1. The maximum Gasteiger partial charge on any atom is 0.241 e. The molecule has 9 heteroatoms. The van der Waals surface area contributed by atoms with Gasteiger partial charge in [-0.25, -0.2) is 19.5 Å². The number of hydrogen-bond donors (Lipinski definition) is 1. The minimum Gasteiger partial charge on any atom is -0.382 e. The van der Waals surface area contributed by atoms with Crippen molar-refractivity contribution in [1.29, 1.82) is 0 Å². The van der Waals surface area contributed by atoms with Crippen LogP contribution >= 0.6 is 0 Å². The zero-order valence-corrected chi connectivity index (χ0v) is 18.9. The molecule has 0 aliphatic heterocycles. The molecule has 0 radical (unpaired) electrons. The zero-order chi connectivity index (χ0) is 22.2. The van der Waals surface area contributed by atoms with Gasteiger partial charge >= 0.3 is 0 Å². The Morgan fingerprint density at radius 2 is 2.00 bits per heavy atom. The van der Waals surface area contributed by atoms with Crippen LogP contribution in [0.3, 0.4) is 0 Å². The normalized spacial score (nSPS) is 18.5. The number of aromatic nitrogens is 6. The fraction of sp³-hybridized carbons (Fsp3) is 0.478. The van der Waals surface area contributed by atoms with Crippen LogP contribution in [0.5, 0.6) is 0 Å². The van der Waals surface area contributed by atoms with Crippen molar-refractivity contribution >= 4 is 22.6 Å². The molecule has 1 aliphatic carbocycles. The van der Waals surface area contributed by atoms with Crippen LogP contribution in [0, 0.1) is 6.92 Å². The van der Waals surface area contributed by atoms with Gasteiger partial charge in [0.05, 0.1) is 36.5 Å². The maximum absolute atomic E-state index is 5.74. The van der Waals surface area contributed by atoms with Crippen LogP contribution in [0.15, 0.2) is 30.7 Å². The second-order valence-electron chi connectivity index (χ2n) is 8.63. The van der Waals surface area contributed by atoms with E-state index in [0.29, 0.717) is 31.2 Å². The monoisotopic (exact) mass is 435 g/mol. The van der Waals surface area contributed by atoms with Gasteiger partial charge in [0.1, 0.15) is 5.82 Å². The number of imidazole rings is 1. The average Bonchev–Trinajstić information content (AvgIpc) is 3.30. The highest BCUT2D eigenvalue weighted by Crippen LogP contribution is 2.30. The highest BCUT2D eigenvalue weighted by atomic mass is 16.5. The van der Waals surface area contributed by atoms with E-state index in [-0.39, 0.29) is 6.10 Å². The summed E-state index contributed by atoms with van der Waals surface area (Å²) in [6.45, 7) is 7.61. The quantitative estimate of drug-likeness (QED) is 0.423. The third kappa shape index (κ3) is 3.82. The van der Waals surface area contributed by atoms with E-state index in [4.69, 9.17) is 9.47 Å². The number of methoxy groups -OCH3 is 1. The number of hydrogen-bond acceptors (Lipinski definition) is 7. The van der Waals surface area contributed by atoms with Crippen LogP contribution in [-0.4, -0.2) is 61.6 Å². The molecule has 4 aromatic heterocycles. The Hall–Kier alpha value is -3.04. The highest BCUT2D eigenvalue weighted by Gasteiger charge is 2.30. The van der Waals surface area contributed by atoms with Crippen molar-refractivity contribution in [2.75, 3.05) is 25.6 Å². The van der Waals surface area contributed by atoms with Gasteiger partial charge in [-0.2, -0.15) is 0 Å². The molecule has 1 N–H and O–H groups in total. The molecule has 9 nitrogen and oxygen atoms in total. The van der Waals surface area contributed by atoms with Gasteiger partial charge in [0.15, 0.2) is 5.65 Å². The van der Waals surface area contributed by atoms with Crippen LogP contribution in [0.4, 0.5) is 5.95 Å². The van der Waals surface area contributed by atoms with Gasteiger partial charge in [0, 0.05) is 42.7 Å². The summed E-state index contributed by atoms with van der Waals surface area (Å²) in [7, 11) is 1.69. The number of anilines is 1. The number of aryl methyl sites for hydroxylation is 1. The molecule has 0 aromatic carbocycles. The Labute approximate surface area is 186 Å². The highest BCUT2D eigenvalue weighted by molar-refractivity contribution is 5.85. The number of rotatable bonds is 8. The smallest absolute Gasteiger partial charge is 0.241 e. The van der Waals surface area contributed by atoms with E-state index in [1.165, 1.54) is 0 Å². The second kappa shape index (κ2) is 8.48. The second-order valence-corrected chi connectivity index (χ2v) is 8.63. The summed E-state index contributed by atoms with van der Waals surface area (Å²) in [6.07, 6.45) is 7.90. The topological polar surface area (TPSA) is 91.4 Å². The fourth-order valence-corrected chi connectivity index (χ4v) is 4.40. The lowest BCUT2D eigenvalue weighted by Crippen LogP contribution is -2.41. The minimum absolute atomic E-state index is 0.287. The lowest BCUT2D eigenvalue weighted by atomic mass is 9.89. The van der Waals surface area contributed by atoms with Crippen molar-refractivity contribution in [2.45, 2.75) is 51.8 Å². The van der Waals surface area contributed by atoms with Gasteiger partial charge in [-0.3, -0.25) is 0 Å². The van der Waals surface area contributed by atoms with Gasteiger partial charge in [0.2, 0.25) is 5.95 Å². The molecular weight excluding hydrogens is 406 g/mol. The first-order chi connectivity index (χ1) is 15.5. The Balaban J connectivity index is 1.34. The van der Waals surface area contributed by atoms with E-state index in [1.54, 1.807) is 7.11 Å². The number of nitrogens with one attached hydrogen (secondary N) is 1. The summed E-state index contributed by atoms with van der Waals surface area (Å²) in [6, 6.07) is 4.86. The number of pyridine rings is 1. The lowest BCUT2D eigenvalue weighted by Gasteiger charge is -2.35. The molecule has 0 atom stereocenters. The van der Waals surface area contributed by atoms with Crippen molar-refractivity contribution in [3.05, 3.63) is 36.5 Å². The number of ether oxygens (including phenoxy) is 2. The molecule has 0 bridgehead atoms. The summed E-state index contributed by atoms with van der Waals surface area (Å²) in [4.78, 5) is 13.8. The Morgan fingerprint density at radius 1 is 1.16 bits per heavy atom. The summed E-state index contributed by atoms with van der Waals surface area (Å²) < 4.78 is 14.8. The van der Waals surface area contributed by atoms with E-state index in [1.807, 2.05) is 30.0 Å². The maximum atomic E-state index is 5.74. The van der Waals surface area contributed by atoms with Crippen molar-refractivity contribution < 1.29 is 9.47 Å². The predicted octanol–water partition coefficient (Wildman–Crippen LogP) is 3.64.